The molecule has 10 rings (SSSR count). The molecule has 0 unspecified atom stereocenters. The minimum absolute atomic E-state index is 0.402. The lowest BCUT2D eigenvalue weighted by Gasteiger charge is -2.11. The van der Waals surface area contributed by atoms with Gasteiger partial charge in [-0.2, -0.15) is 15.0 Å². The summed E-state index contributed by atoms with van der Waals surface area (Å²) in [7, 11) is 0. The Labute approximate surface area is 254 Å². The topological polar surface area (TPSA) is 100 Å². The highest BCUT2D eigenvalue weighted by atomic mass is 16.3. The molecule has 0 radical (unpaired) electrons. The summed E-state index contributed by atoms with van der Waals surface area (Å²) in [5.74, 6) is 1.33. The van der Waals surface area contributed by atoms with Gasteiger partial charge in [0.1, 0.15) is 28.1 Å². The van der Waals surface area contributed by atoms with Crippen molar-refractivity contribution in [2.75, 3.05) is 0 Å². The highest BCUT2D eigenvalue weighted by Gasteiger charge is 2.22. The first kappa shape index (κ1) is 24.0. The molecule has 0 amide bonds. The molecule has 0 aliphatic rings. The Hall–Kier alpha value is -6.48. The number of fused-ring (bicyclic) bond motifs is 9. The maximum atomic E-state index is 6.24. The third kappa shape index (κ3) is 3.43. The molecule has 0 spiro atoms. The molecular weight excluding hydrogens is 560 g/mol. The average molecular weight is 581 g/mol. The first-order chi connectivity index (χ1) is 22.3. The van der Waals surface area contributed by atoms with Crippen LogP contribution < -0.4 is 0 Å². The molecule has 0 aliphatic heterocycles. The van der Waals surface area contributed by atoms with Crippen molar-refractivity contribution in [1.82, 2.24) is 39.0 Å². The molecule has 0 saturated carbocycles. The van der Waals surface area contributed by atoms with E-state index in [-0.39, 0.29) is 0 Å². The van der Waals surface area contributed by atoms with Gasteiger partial charge in [-0.3, -0.25) is 4.57 Å². The Balaban J connectivity index is 1.31. The molecule has 3 aromatic carbocycles. The van der Waals surface area contributed by atoms with E-state index in [0.717, 1.165) is 60.2 Å². The normalized spacial score (nSPS) is 12.0. The van der Waals surface area contributed by atoms with Gasteiger partial charge in [-0.25, -0.2) is 19.5 Å². The van der Waals surface area contributed by atoms with Crippen LogP contribution in [0.5, 0.6) is 0 Å². The van der Waals surface area contributed by atoms with Crippen LogP contribution in [0, 0.1) is 0 Å². The lowest BCUT2D eigenvalue weighted by atomic mass is 10.1. The predicted octanol–water partition coefficient (Wildman–Crippen LogP) is 7.82. The van der Waals surface area contributed by atoms with Crippen LogP contribution in [0.15, 0.2) is 126 Å². The second kappa shape index (κ2) is 9.01. The molecule has 9 heteroatoms. The van der Waals surface area contributed by atoms with Crippen LogP contribution in [0.1, 0.15) is 0 Å². The van der Waals surface area contributed by atoms with E-state index in [4.69, 9.17) is 34.3 Å². The largest absolute Gasteiger partial charge is 0.456 e. The number of hydrogen-bond acceptors (Lipinski definition) is 7. The molecule has 7 aromatic heterocycles. The van der Waals surface area contributed by atoms with Gasteiger partial charge in [0.25, 0.3) is 0 Å². The molecule has 9 nitrogen and oxygen atoms in total. The van der Waals surface area contributed by atoms with Crippen LogP contribution in [-0.2, 0) is 0 Å². The standard InChI is InChI=1S/C36H20N8O/c1-3-13-28-22(8-1)25-10-5-17-37-32(25)43(28)35-40-31(21-15-16-24-23-9-2-4-14-29(23)45-30(24)20-21)41-36(42-35)44-33-26(11-6-18-38-33)27-12-7-19-39-34(27)44/h1-20H. The van der Waals surface area contributed by atoms with Crippen LogP contribution in [-0.4, -0.2) is 39.0 Å². The van der Waals surface area contributed by atoms with E-state index < -0.39 is 0 Å². The lowest BCUT2D eigenvalue weighted by Crippen LogP contribution is -2.11. The van der Waals surface area contributed by atoms with Gasteiger partial charge in [0, 0.05) is 56.5 Å². The number of furan rings is 1. The summed E-state index contributed by atoms with van der Waals surface area (Å²) in [6.45, 7) is 0. The highest BCUT2D eigenvalue weighted by Crippen LogP contribution is 2.34. The Kier molecular flexibility index (Phi) is 4.81. The van der Waals surface area contributed by atoms with Crippen molar-refractivity contribution in [3.63, 3.8) is 0 Å². The molecule has 0 bridgehead atoms. The zero-order valence-electron chi connectivity index (χ0n) is 23.5. The molecule has 0 saturated heterocycles. The van der Waals surface area contributed by atoms with Gasteiger partial charge >= 0.3 is 0 Å². The zero-order valence-corrected chi connectivity index (χ0v) is 23.5. The fourth-order valence-corrected chi connectivity index (χ4v) is 6.41. The van der Waals surface area contributed by atoms with Gasteiger partial charge in [-0.1, -0.05) is 42.5 Å². The summed E-state index contributed by atoms with van der Waals surface area (Å²) in [5.41, 5.74) is 5.51. The summed E-state index contributed by atoms with van der Waals surface area (Å²) in [5, 5.41) is 6.10. The fraction of sp³-hybridized carbons (Fsp3) is 0. The fourth-order valence-electron chi connectivity index (χ4n) is 6.41. The first-order valence-electron chi connectivity index (χ1n) is 14.5. The van der Waals surface area contributed by atoms with Crippen LogP contribution in [0.2, 0.25) is 0 Å². The average Bonchev–Trinajstić information content (AvgIpc) is 3.75. The molecule has 7 heterocycles. The molecule has 45 heavy (non-hydrogen) atoms. The summed E-state index contributed by atoms with van der Waals surface area (Å²) >= 11 is 0. The van der Waals surface area contributed by atoms with E-state index in [1.54, 1.807) is 18.6 Å². The molecule has 0 fully saturated rings. The van der Waals surface area contributed by atoms with E-state index >= 15 is 0 Å². The van der Waals surface area contributed by atoms with Gasteiger partial charge in [0.2, 0.25) is 11.9 Å². The monoisotopic (exact) mass is 580 g/mol. The van der Waals surface area contributed by atoms with Gasteiger partial charge in [-0.15, -0.1) is 0 Å². The molecule has 10 aromatic rings. The van der Waals surface area contributed by atoms with Crippen LogP contribution in [0.4, 0.5) is 0 Å². The van der Waals surface area contributed by atoms with E-state index in [1.807, 2.05) is 81.9 Å². The second-order valence-electron chi connectivity index (χ2n) is 10.9. The Morgan fingerprint density at radius 2 is 1.00 bits per heavy atom. The smallest absolute Gasteiger partial charge is 0.242 e. The molecule has 0 atom stereocenters. The van der Waals surface area contributed by atoms with Gasteiger partial charge in [0.05, 0.1) is 5.52 Å². The van der Waals surface area contributed by atoms with E-state index in [1.165, 1.54) is 0 Å². The molecule has 0 aliphatic carbocycles. The number of para-hydroxylation sites is 2. The van der Waals surface area contributed by atoms with Gasteiger partial charge < -0.3 is 4.42 Å². The quantitative estimate of drug-likeness (QED) is 0.210. The van der Waals surface area contributed by atoms with Crippen LogP contribution >= 0.6 is 0 Å². The summed E-state index contributed by atoms with van der Waals surface area (Å²) in [6, 6.07) is 34.3. The predicted molar refractivity (Wildman–Crippen MR) is 175 cm³/mol. The first-order valence-corrected chi connectivity index (χ1v) is 14.5. The van der Waals surface area contributed by atoms with Crippen molar-refractivity contribution in [2.24, 2.45) is 0 Å². The Morgan fingerprint density at radius 1 is 0.444 bits per heavy atom. The lowest BCUT2D eigenvalue weighted by molar-refractivity contribution is 0.669. The van der Waals surface area contributed by atoms with Crippen molar-refractivity contribution in [3.05, 3.63) is 122 Å². The third-order valence-corrected chi connectivity index (χ3v) is 8.37. The summed E-state index contributed by atoms with van der Waals surface area (Å²) in [6.07, 6.45) is 5.33. The highest BCUT2D eigenvalue weighted by molar-refractivity contribution is 6.08. The maximum absolute atomic E-state index is 6.24. The summed E-state index contributed by atoms with van der Waals surface area (Å²) < 4.78 is 10.1. The molecule has 210 valence electrons. The maximum Gasteiger partial charge on any atom is 0.242 e. The van der Waals surface area contributed by atoms with Gasteiger partial charge in [-0.05, 0) is 60.7 Å². The van der Waals surface area contributed by atoms with Crippen molar-refractivity contribution >= 4 is 65.9 Å². The number of pyridine rings is 3. The number of benzene rings is 3. The number of nitrogens with zero attached hydrogens (tertiary/aromatic N) is 8. The van der Waals surface area contributed by atoms with Gasteiger partial charge in [0.15, 0.2) is 5.82 Å². The minimum Gasteiger partial charge on any atom is -0.456 e. The number of hydrogen-bond donors (Lipinski definition) is 0. The Morgan fingerprint density at radius 3 is 1.73 bits per heavy atom. The summed E-state index contributed by atoms with van der Waals surface area (Å²) in [4.78, 5) is 29.5. The minimum atomic E-state index is 0.402. The molecular formula is C36H20N8O. The third-order valence-electron chi connectivity index (χ3n) is 8.37. The number of rotatable bonds is 3. The number of aromatic nitrogens is 8. The van der Waals surface area contributed by atoms with Crippen molar-refractivity contribution in [2.45, 2.75) is 0 Å². The SMILES string of the molecule is c1ccc2c(c1)oc1cc(-c3nc(-n4c5ccccc5c5cccnc54)nc(-n4c5ncccc5c5cccnc54)n3)ccc12. The van der Waals surface area contributed by atoms with E-state index in [9.17, 15) is 0 Å². The van der Waals surface area contributed by atoms with Crippen LogP contribution in [0.25, 0.3) is 89.2 Å². The second-order valence-corrected chi connectivity index (χ2v) is 10.9. The van der Waals surface area contributed by atoms with Crippen LogP contribution in [0.3, 0.4) is 0 Å². The van der Waals surface area contributed by atoms with E-state index in [2.05, 4.69) is 30.3 Å². The van der Waals surface area contributed by atoms with Crippen molar-refractivity contribution in [1.29, 1.82) is 0 Å². The van der Waals surface area contributed by atoms with Crippen molar-refractivity contribution in [3.8, 4) is 23.3 Å². The van der Waals surface area contributed by atoms with Crippen molar-refractivity contribution < 1.29 is 4.42 Å². The molecule has 0 N–H and O–H groups in total. The Bertz CT molecular complexity index is 2550. The zero-order chi connectivity index (χ0) is 29.5. The van der Waals surface area contributed by atoms with E-state index in [0.29, 0.717) is 29.0 Å².